The quantitative estimate of drug-likeness (QED) is 0.151. The smallest absolute Gasteiger partial charge is 0.369 e. The number of hydrogen-bond acceptors (Lipinski definition) is 16. The molecule has 5 N–H and O–H groups in total. The summed E-state index contributed by atoms with van der Waals surface area (Å²) in [5.74, 6) is -0.374. The SMILES string of the molecule is Nc1nc2c(ncn2[C@H]2O[C@@H]3COP(O)(=S)O[C@H]4[C@@H](F)[C@H](n5cnc6cncnc65)O[C@@H]4CNS(=O)(=O)O[C@@H]2[C@@H]3OCC(F)(F)F)c(=O)[nH]1. The van der Waals surface area contributed by atoms with Crippen LogP contribution in [0.25, 0.3) is 22.3 Å². The number of imidazole rings is 2. The largest absolute Gasteiger partial charge is 0.411 e. The Bertz CT molecular complexity index is 2100. The number of nitrogen functional groups attached to an aromatic ring is 1. The van der Waals surface area contributed by atoms with E-state index in [0.29, 0.717) is 0 Å². The molecule has 3 fully saturated rings. The van der Waals surface area contributed by atoms with Crippen molar-refractivity contribution in [3.05, 3.63) is 35.5 Å². The third-order valence-corrected chi connectivity index (χ3v) is 10.1. The van der Waals surface area contributed by atoms with Crippen LogP contribution < -0.4 is 16.0 Å². The zero-order valence-electron chi connectivity index (χ0n) is 24.2. The fourth-order valence-corrected chi connectivity index (χ4v) is 7.96. The number of anilines is 1. The fourth-order valence-electron chi connectivity index (χ4n) is 5.59. The molecule has 7 heterocycles. The predicted molar refractivity (Wildman–Crippen MR) is 156 cm³/mol. The van der Waals surface area contributed by atoms with E-state index in [9.17, 15) is 31.3 Å². The van der Waals surface area contributed by atoms with E-state index < -0.39 is 97.7 Å². The lowest BCUT2D eigenvalue weighted by Gasteiger charge is -2.26. The highest BCUT2D eigenvalue weighted by molar-refractivity contribution is 8.07. The Hall–Kier alpha value is -3.30. The van der Waals surface area contributed by atoms with Crippen LogP contribution in [0.2, 0.25) is 0 Å². The normalized spacial score (nSPS) is 34.0. The second-order valence-corrected chi connectivity index (χ2v) is 15.0. The van der Waals surface area contributed by atoms with E-state index in [-0.39, 0.29) is 28.3 Å². The Kier molecular flexibility index (Phi) is 8.70. The van der Waals surface area contributed by atoms with E-state index in [2.05, 4.69) is 34.6 Å². The molecule has 0 spiro atoms. The standard InChI is InChI=1S/C22H23F4N10O10PS2/c23-11-13-9(43-19(11)35-6-30-8-1-28-5-29-16(8)35)2-32-49(39,40)46-15-14(41-4-22(24,25)26)10(3-42-47(38,48)45-13)44-20(15)36-7-31-12-17(36)33-21(27)34-18(12)37/h1,5-7,9-11,13-15,19-20,32H,2-4H2,(H,38,48)(H3,27,33,34,37)/t9-,10-,11-,13-,14-,15-,19-,20+,47?/m1/s1. The monoisotopic (exact) mass is 758 g/mol. The highest BCUT2D eigenvalue weighted by atomic mass is 32.5. The van der Waals surface area contributed by atoms with Crippen LogP contribution in [0.4, 0.5) is 23.5 Å². The second-order valence-electron chi connectivity index (χ2n) is 10.8. The molecule has 7 rings (SSSR count). The van der Waals surface area contributed by atoms with Gasteiger partial charge in [-0.2, -0.15) is 31.3 Å². The summed E-state index contributed by atoms with van der Waals surface area (Å²) in [5.41, 5.74) is 4.78. The number of nitrogens with two attached hydrogens (primary N) is 1. The molecule has 49 heavy (non-hydrogen) atoms. The number of aromatic nitrogens is 8. The average Bonchev–Trinajstić information content (AvgIpc) is 3.78. The number of nitrogens with zero attached hydrogens (tertiary/aromatic N) is 7. The zero-order chi connectivity index (χ0) is 34.9. The van der Waals surface area contributed by atoms with Gasteiger partial charge in [0.25, 0.3) is 5.56 Å². The Morgan fingerprint density at radius 3 is 2.63 bits per heavy atom. The maximum Gasteiger partial charge on any atom is 0.411 e. The molecule has 0 aliphatic carbocycles. The maximum absolute atomic E-state index is 16.0. The first-order chi connectivity index (χ1) is 23.1. The highest BCUT2D eigenvalue weighted by Crippen LogP contribution is 2.51. The Morgan fingerprint density at radius 2 is 1.86 bits per heavy atom. The first kappa shape index (κ1) is 34.2. The van der Waals surface area contributed by atoms with Gasteiger partial charge in [0.2, 0.25) is 5.95 Å². The molecule has 2 bridgehead atoms. The number of nitrogens with one attached hydrogen (secondary N) is 2. The van der Waals surface area contributed by atoms with Gasteiger partial charge >= 0.3 is 23.2 Å². The van der Waals surface area contributed by atoms with Crippen molar-refractivity contribution in [2.24, 2.45) is 0 Å². The molecule has 20 nitrogen and oxygen atoms in total. The number of ether oxygens (including phenoxy) is 3. The van der Waals surface area contributed by atoms with Crippen LogP contribution in [0, 0.1) is 0 Å². The number of halogens is 4. The van der Waals surface area contributed by atoms with E-state index in [4.69, 9.17) is 45.0 Å². The summed E-state index contributed by atoms with van der Waals surface area (Å²) in [4.78, 5) is 45.5. The van der Waals surface area contributed by atoms with Gasteiger partial charge in [-0.1, -0.05) is 0 Å². The summed E-state index contributed by atoms with van der Waals surface area (Å²) in [6.45, 7) is -8.02. The molecule has 27 heteroatoms. The molecule has 0 amide bonds. The van der Waals surface area contributed by atoms with Crippen molar-refractivity contribution >= 4 is 57.1 Å². The summed E-state index contributed by atoms with van der Waals surface area (Å²) in [6.07, 6.45) is -14.2. The number of alkyl halides is 4. The molecular weight excluding hydrogens is 735 g/mol. The minimum absolute atomic E-state index is 0.162. The molecule has 1 unspecified atom stereocenters. The van der Waals surface area contributed by atoms with Crippen LogP contribution in [0.3, 0.4) is 0 Å². The topological polar surface area (TPSA) is 255 Å². The Labute approximate surface area is 275 Å². The van der Waals surface area contributed by atoms with Gasteiger partial charge < -0.3 is 29.4 Å². The molecule has 4 aromatic rings. The van der Waals surface area contributed by atoms with Crippen LogP contribution in [0.15, 0.2) is 30.0 Å². The number of aromatic amines is 1. The molecule has 3 saturated heterocycles. The minimum Gasteiger partial charge on any atom is -0.369 e. The number of rotatable bonds is 4. The van der Waals surface area contributed by atoms with Gasteiger partial charge in [-0.15, -0.1) is 0 Å². The second kappa shape index (κ2) is 12.5. The van der Waals surface area contributed by atoms with Crippen molar-refractivity contribution in [3.63, 3.8) is 0 Å². The van der Waals surface area contributed by atoms with Gasteiger partial charge in [0, 0.05) is 6.54 Å². The zero-order valence-corrected chi connectivity index (χ0v) is 26.7. The molecule has 4 aromatic heterocycles. The predicted octanol–water partition coefficient (Wildman–Crippen LogP) is -0.526. The van der Waals surface area contributed by atoms with Gasteiger partial charge in [-0.25, -0.2) is 28.5 Å². The summed E-state index contributed by atoms with van der Waals surface area (Å²) in [6, 6.07) is 0. The van der Waals surface area contributed by atoms with Gasteiger partial charge in [0.15, 0.2) is 41.5 Å². The van der Waals surface area contributed by atoms with Gasteiger partial charge in [-0.05, 0) is 11.8 Å². The molecule has 3 aliphatic rings. The lowest BCUT2D eigenvalue weighted by Crippen LogP contribution is -2.45. The molecular formula is C22H23F4N10O10PS2. The van der Waals surface area contributed by atoms with Crippen molar-refractivity contribution in [3.8, 4) is 0 Å². The molecule has 0 saturated carbocycles. The van der Waals surface area contributed by atoms with E-state index in [0.717, 1.165) is 10.9 Å². The summed E-state index contributed by atoms with van der Waals surface area (Å²) < 4.78 is 120. The average molecular weight is 759 g/mol. The van der Waals surface area contributed by atoms with Crippen LogP contribution in [-0.4, -0.2) is 115 Å². The van der Waals surface area contributed by atoms with Crippen molar-refractivity contribution in [1.82, 2.24) is 43.8 Å². The van der Waals surface area contributed by atoms with Crippen molar-refractivity contribution < 1.29 is 58.3 Å². The van der Waals surface area contributed by atoms with Gasteiger partial charge in [0.05, 0.1) is 25.5 Å². The van der Waals surface area contributed by atoms with Crippen LogP contribution in [0.5, 0.6) is 0 Å². The van der Waals surface area contributed by atoms with Crippen molar-refractivity contribution in [2.45, 2.75) is 55.3 Å². The first-order valence-corrected chi connectivity index (χ1v) is 17.9. The Morgan fingerprint density at radius 1 is 1.12 bits per heavy atom. The lowest BCUT2D eigenvalue weighted by molar-refractivity contribution is -0.195. The molecule has 9 atom stereocenters. The van der Waals surface area contributed by atoms with E-state index in [1.54, 1.807) is 0 Å². The third kappa shape index (κ3) is 6.77. The summed E-state index contributed by atoms with van der Waals surface area (Å²) >= 11 is 5.11. The molecule has 0 aromatic carbocycles. The van der Waals surface area contributed by atoms with Crippen molar-refractivity contribution in [2.75, 3.05) is 25.5 Å². The molecule has 0 radical (unpaired) electrons. The van der Waals surface area contributed by atoms with Crippen molar-refractivity contribution in [1.29, 1.82) is 0 Å². The maximum atomic E-state index is 16.0. The third-order valence-electron chi connectivity index (χ3n) is 7.59. The van der Waals surface area contributed by atoms with E-state index >= 15 is 4.39 Å². The van der Waals surface area contributed by atoms with Crippen LogP contribution >= 0.6 is 6.72 Å². The minimum atomic E-state index is -4.98. The number of H-pyrrole nitrogens is 1. The number of fused-ring (bicyclic) bond motifs is 5. The molecule has 3 aliphatic heterocycles. The first-order valence-electron chi connectivity index (χ1n) is 13.9. The number of hydrogen-bond donors (Lipinski definition) is 4. The van der Waals surface area contributed by atoms with Crippen LogP contribution in [-0.2, 0) is 49.6 Å². The van der Waals surface area contributed by atoms with E-state index in [1.165, 1.54) is 23.4 Å². The molecule has 266 valence electrons. The Balaban J connectivity index is 1.24. The van der Waals surface area contributed by atoms with E-state index in [1.807, 2.05) is 0 Å². The van der Waals surface area contributed by atoms with Gasteiger partial charge in [0.1, 0.15) is 42.9 Å². The van der Waals surface area contributed by atoms with Crippen LogP contribution in [0.1, 0.15) is 12.5 Å². The van der Waals surface area contributed by atoms with Gasteiger partial charge in [-0.3, -0.25) is 23.4 Å². The lowest BCUT2D eigenvalue weighted by atomic mass is 10.1. The summed E-state index contributed by atoms with van der Waals surface area (Å²) in [7, 11) is -4.98. The summed E-state index contributed by atoms with van der Waals surface area (Å²) in [5, 5.41) is 0. The fraction of sp³-hybridized carbons (Fsp3) is 0.545. The highest BCUT2D eigenvalue weighted by Gasteiger charge is 2.54.